The van der Waals surface area contributed by atoms with E-state index >= 15 is 0 Å². The summed E-state index contributed by atoms with van der Waals surface area (Å²) in [5, 5.41) is 0. The summed E-state index contributed by atoms with van der Waals surface area (Å²) in [5.74, 6) is -1.76. The number of alkyl halides is 3. The molecule has 1 fully saturated rings. The summed E-state index contributed by atoms with van der Waals surface area (Å²) in [6.45, 7) is 21.2. The maximum absolute atomic E-state index is 14.2. The van der Waals surface area contributed by atoms with Crippen molar-refractivity contribution < 1.29 is 32.3 Å². The monoisotopic (exact) mass is 596 g/mol. The standard InChI is InChI=1S/C35H55F3O4/c1-13-15-29(3,4)17-19-32(9,28(41)42-12)20-18-30(5,6)34(11)16-14-25-31(7,8)27(40)24(35(36,37)38)22-33(25,10)26(34)21-23(2)39/h21-22,25H,13-20H2,1-12H3/b26-21-/t25-,32-,33-,34+/m0/s1. The van der Waals surface area contributed by atoms with Gasteiger partial charge in [-0.15, -0.1) is 0 Å². The lowest BCUT2D eigenvalue weighted by molar-refractivity contribution is -0.153. The van der Waals surface area contributed by atoms with Gasteiger partial charge in [-0.25, -0.2) is 0 Å². The van der Waals surface area contributed by atoms with E-state index in [2.05, 4.69) is 34.6 Å². The minimum Gasteiger partial charge on any atom is -0.469 e. The zero-order chi connectivity index (χ0) is 32.7. The molecule has 1 saturated carbocycles. The minimum absolute atomic E-state index is 0.0869. The average Bonchev–Trinajstić information content (AvgIpc) is 2.85. The summed E-state index contributed by atoms with van der Waals surface area (Å²) in [6.07, 6.45) is 3.82. The van der Waals surface area contributed by atoms with Gasteiger partial charge in [-0.1, -0.05) is 80.4 Å². The van der Waals surface area contributed by atoms with Crippen molar-refractivity contribution in [1.82, 2.24) is 0 Å². The van der Waals surface area contributed by atoms with E-state index in [4.69, 9.17) is 4.74 Å². The number of carbonyl (C=O) groups excluding carboxylic acids is 3. The highest BCUT2D eigenvalue weighted by atomic mass is 19.4. The molecular weight excluding hydrogens is 541 g/mol. The fourth-order valence-electron chi connectivity index (χ4n) is 8.10. The topological polar surface area (TPSA) is 60.4 Å². The molecule has 2 aliphatic rings. The number of halogens is 3. The fraction of sp³-hybridized carbons (Fsp3) is 0.800. The molecule has 42 heavy (non-hydrogen) atoms. The van der Waals surface area contributed by atoms with Crippen LogP contribution in [-0.2, 0) is 19.1 Å². The first-order valence-corrected chi connectivity index (χ1v) is 15.5. The van der Waals surface area contributed by atoms with Crippen LogP contribution in [-0.4, -0.2) is 30.8 Å². The number of esters is 1. The van der Waals surface area contributed by atoms with Gasteiger partial charge >= 0.3 is 12.1 Å². The van der Waals surface area contributed by atoms with Crippen molar-refractivity contribution >= 4 is 17.5 Å². The van der Waals surface area contributed by atoms with Crippen molar-refractivity contribution in [1.29, 1.82) is 0 Å². The van der Waals surface area contributed by atoms with E-state index < -0.39 is 44.6 Å². The van der Waals surface area contributed by atoms with E-state index in [-0.39, 0.29) is 23.1 Å². The zero-order valence-corrected chi connectivity index (χ0v) is 28.2. The van der Waals surface area contributed by atoms with Crippen molar-refractivity contribution in [3.8, 4) is 0 Å². The molecule has 0 spiro atoms. The van der Waals surface area contributed by atoms with E-state index in [0.29, 0.717) is 37.7 Å². The number of methoxy groups -OCH3 is 1. The lowest BCUT2D eigenvalue weighted by Crippen LogP contribution is -2.56. The molecule has 0 aliphatic heterocycles. The third kappa shape index (κ3) is 6.75. The van der Waals surface area contributed by atoms with Gasteiger partial charge in [0.15, 0.2) is 11.6 Å². The number of Topliss-reactive ketones (excluding diaryl/α,β-unsaturated/α-hetero) is 1. The second-order valence-corrected chi connectivity index (χ2v) is 15.8. The van der Waals surface area contributed by atoms with Crippen molar-refractivity contribution in [3.05, 3.63) is 23.3 Å². The number of fused-ring (bicyclic) bond motifs is 1. The third-order valence-electron chi connectivity index (χ3n) is 11.4. The van der Waals surface area contributed by atoms with Gasteiger partial charge in [0.25, 0.3) is 0 Å². The molecule has 2 rings (SSSR count). The van der Waals surface area contributed by atoms with E-state index in [1.807, 2.05) is 13.8 Å². The molecule has 0 aromatic rings. The van der Waals surface area contributed by atoms with Gasteiger partial charge in [-0.05, 0) is 87.0 Å². The molecule has 4 atom stereocenters. The summed E-state index contributed by atoms with van der Waals surface area (Å²) < 4.78 is 48.0. The molecule has 240 valence electrons. The molecule has 0 N–H and O–H groups in total. The maximum atomic E-state index is 14.2. The van der Waals surface area contributed by atoms with Crippen LogP contribution in [0.2, 0.25) is 0 Å². The average molecular weight is 597 g/mol. The number of hydrogen-bond donors (Lipinski definition) is 0. The van der Waals surface area contributed by atoms with Gasteiger partial charge in [0.1, 0.15) is 0 Å². The Morgan fingerprint density at radius 1 is 0.976 bits per heavy atom. The second kappa shape index (κ2) is 11.9. The summed E-state index contributed by atoms with van der Waals surface area (Å²) >= 11 is 0. The summed E-state index contributed by atoms with van der Waals surface area (Å²) in [6, 6.07) is 0. The molecule has 0 heterocycles. The number of ether oxygens (including phenoxy) is 1. The van der Waals surface area contributed by atoms with Crippen molar-refractivity contribution in [2.75, 3.05) is 7.11 Å². The lowest BCUT2D eigenvalue weighted by atomic mass is 9.42. The van der Waals surface area contributed by atoms with Crippen LogP contribution >= 0.6 is 0 Å². The van der Waals surface area contributed by atoms with Crippen LogP contribution < -0.4 is 0 Å². The number of allylic oxidation sites excluding steroid dienone is 4. The predicted octanol–water partition coefficient (Wildman–Crippen LogP) is 9.61. The maximum Gasteiger partial charge on any atom is 0.419 e. The van der Waals surface area contributed by atoms with E-state index in [1.54, 1.807) is 20.8 Å². The van der Waals surface area contributed by atoms with Crippen molar-refractivity contribution in [3.63, 3.8) is 0 Å². The van der Waals surface area contributed by atoms with Gasteiger partial charge in [0.2, 0.25) is 0 Å². The Morgan fingerprint density at radius 3 is 2.00 bits per heavy atom. The second-order valence-electron chi connectivity index (χ2n) is 15.8. The minimum atomic E-state index is -4.79. The number of hydrogen-bond acceptors (Lipinski definition) is 4. The molecule has 0 aromatic carbocycles. The third-order valence-corrected chi connectivity index (χ3v) is 11.4. The smallest absolute Gasteiger partial charge is 0.419 e. The normalized spacial score (nSPS) is 29.0. The Hall–Kier alpha value is -1.92. The van der Waals surface area contributed by atoms with Crippen LogP contribution in [0.5, 0.6) is 0 Å². The molecule has 0 bridgehead atoms. The largest absolute Gasteiger partial charge is 0.469 e. The molecule has 0 amide bonds. The molecule has 0 radical (unpaired) electrons. The Morgan fingerprint density at radius 2 is 1.52 bits per heavy atom. The van der Waals surface area contributed by atoms with Crippen LogP contribution in [0.15, 0.2) is 23.3 Å². The van der Waals surface area contributed by atoms with E-state index in [1.165, 1.54) is 20.1 Å². The highest BCUT2D eigenvalue weighted by Crippen LogP contribution is 2.67. The Bertz CT molecular complexity index is 1130. The van der Waals surface area contributed by atoms with Crippen LogP contribution in [0.3, 0.4) is 0 Å². The summed E-state index contributed by atoms with van der Waals surface area (Å²) in [4.78, 5) is 39.0. The van der Waals surface area contributed by atoms with E-state index in [9.17, 15) is 27.6 Å². The Kier molecular flexibility index (Phi) is 10.3. The predicted molar refractivity (Wildman–Crippen MR) is 162 cm³/mol. The first kappa shape index (κ1) is 36.3. The highest BCUT2D eigenvalue weighted by Gasteiger charge is 2.63. The molecule has 0 saturated heterocycles. The van der Waals surface area contributed by atoms with Crippen LogP contribution in [0.1, 0.15) is 128 Å². The number of rotatable bonds is 11. The summed E-state index contributed by atoms with van der Waals surface area (Å²) in [7, 11) is 1.41. The van der Waals surface area contributed by atoms with Crippen LogP contribution in [0.4, 0.5) is 13.2 Å². The summed E-state index contributed by atoms with van der Waals surface area (Å²) in [5.41, 5.74) is -4.66. The van der Waals surface area contributed by atoms with Gasteiger partial charge in [-0.2, -0.15) is 13.2 Å². The van der Waals surface area contributed by atoms with Gasteiger partial charge in [0.05, 0.1) is 18.1 Å². The lowest BCUT2D eigenvalue weighted by Gasteiger charge is -2.61. The first-order valence-electron chi connectivity index (χ1n) is 15.5. The van der Waals surface area contributed by atoms with E-state index in [0.717, 1.165) is 25.3 Å². The molecule has 7 heteroatoms. The molecule has 0 aromatic heterocycles. The quantitative estimate of drug-likeness (QED) is 0.176. The van der Waals surface area contributed by atoms with Crippen molar-refractivity contribution in [2.24, 2.45) is 38.4 Å². The SMILES string of the molecule is CCCC(C)(C)CC[C@@](C)(CCC(C)(C)[C@]1(C)CC[C@H]2C(C)(C)C(=O)C(C(F)(F)F)=C[C@]2(C)/C1=C/C(C)=O)C(=O)OC. The highest BCUT2D eigenvalue weighted by molar-refractivity contribution is 6.02. The zero-order valence-electron chi connectivity index (χ0n) is 28.2. The molecule has 0 unspecified atom stereocenters. The van der Waals surface area contributed by atoms with Crippen molar-refractivity contribution in [2.45, 2.75) is 134 Å². The van der Waals surface area contributed by atoms with Crippen LogP contribution in [0.25, 0.3) is 0 Å². The number of carbonyl (C=O) groups is 3. The molecule has 4 nitrogen and oxygen atoms in total. The number of ketones is 2. The fourth-order valence-corrected chi connectivity index (χ4v) is 8.10. The van der Waals surface area contributed by atoms with Crippen LogP contribution in [0, 0.1) is 38.4 Å². The Labute approximate surface area is 252 Å². The van der Waals surface area contributed by atoms with Gasteiger partial charge in [0, 0.05) is 10.8 Å². The molecular formula is C35H55F3O4. The molecule has 2 aliphatic carbocycles. The van der Waals surface area contributed by atoms with Gasteiger partial charge < -0.3 is 4.74 Å². The van der Waals surface area contributed by atoms with Gasteiger partial charge in [-0.3, -0.25) is 14.4 Å². The first-order chi connectivity index (χ1) is 18.8. The Balaban J connectivity index is 2.61.